The standard InChI is InChI=1S/C10H20N2O4.C2H6/c1-9(13)12-4-6-16-8-7-15-5-3-10(14)11-2;1-2/h3-8H2,1-2H3,(H,11,14)(H,12,13);1-2H3. The summed E-state index contributed by atoms with van der Waals surface area (Å²) in [5.41, 5.74) is 0. The van der Waals surface area contributed by atoms with Gasteiger partial charge >= 0.3 is 0 Å². The van der Waals surface area contributed by atoms with Crippen molar-refractivity contribution in [3.8, 4) is 0 Å². The molecule has 0 aliphatic carbocycles. The molecule has 0 rings (SSSR count). The molecule has 0 heterocycles. The van der Waals surface area contributed by atoms with Crippen LogP contribution in [0.4, 0.5) is 0 Å². The quantitative estimate of drug-likeness (QED) is 0.587. The molecule has 0 fully saturated rings. The normalized spacial score (nSPS) is 9.11. The molecule has 0 atom stereocenters. The van der Waals surface area contributed by atoms with Crippen LogP contribution in [0.5, 0.6) is 0 Å². The van der Waals surface area contributed by atoms with Crippen molar-refractivity contribution >= 4 is 11.8 Å². The predicted molar refractivity (Wildman–Crippen MR) is 70.4 cm³/mol. The van der Waals surface area contributed by atoms with Crippen LogP contribution in [-0.4, -0.2) is 51.8 Å². The average Bonchev–Trinajstić information content (AvgIpc) is 2.38. The Morgan fingerprint density at radius 3 is 2.06 bits per heavy atom. The maximum absolute atomic E-state index is 10.8. The second-order valence-corrected chi connectivity index (χ2v) is 3.13. The molecule has 108 valence electrons. The van der Waals surface area contributed by atoms with E-state index in [-0.39, 0.29) is 11.8 Å². The Morgan fingerprint density at radius 1 is 1.00 bits per heavy atom. The smallest absolute Gasteiger partial charge is 0.222 e. The van der Waals surface area contributed by atoms with Gasteiger partial charge in [-0.3, -0.25) is 9.59 Å². The van der Waals surface area contributed by atoms with Crippen molar-refractivity contribution in [2.75, 3.05) is 40.0 Å². The fourth-order valence-corrected chi connectivity index (χ4v) is 0.911. The summed E-state index contributed by atoms with van der Waals surface area (Å²) < 4.78 is 10.3. The lowest BCUT2D eigenvalue weighted by Crippen LogP contribution is -2.25. The van der Waals surface area contributed by atoms with Crippen LogP contribution < -0.4 is 10.6 Å². The van der Waals surface area contributed by atoms with E-state index in [9.17, 15) is 9.59 Å². The zero-order valence-corrected chi connectivity index (χ0v) is 11.9. The van der Waals surface area contributed by atoms with Crippen molar-refractivity contribution in [2.45, 2.75) is 27.2 Å². The summed E-state index contributed by atoms with van der Waals surface area (Å²) in [6.45, 7) is 7.76. The molecule has 0 aromatic carbocycles. The lowest BCUT2D eigenvalue weighted by atomic mass is 10.4. The summed E-state index contributed by atoms with van der Waals surface area (Å²) in [6.07, 6.45) is 0.363. The lowest BCUT2D eigenvalue weighted by Gasteiger charge is -2.05. The molecule has 2 N–H and O–H groups in total. The molecule has 0 radical (unpaired) electrons. The fraction of sp³-hybridized carbons (Fsp3) is 0.833. The molecule has 6 nitrogen and oxygen atoms in total. The van der Waals surface area contributed by atoms with Crippen molar-refractivity contribution in [2.24, 2.45) is 0 Å². The minimum absolute atomic E-state index is 0.0356. The molecule has 0 aliphatic rings. The van der Waals surface area contributed by atoms with Crippen molar-refractivity contribution < 1.29 is 19.1 Å². The molecule has 0 saturated heterocycles. The highest BCUT2D eigenvalue weighted by atomic mass is 16.5. The van der Waals surface area contributed by atoms with Crippen molar-refractivity contribution in [3.05, 3.63) is 0 Å². The number of amides is 2. The first-order chi connectivity index (χ1) is 8.66. The zero-order valence-electron chi connectivity index (χ0n) is 11.9. The van der Waals surface area contributed by atoms with Gasteiger partial charge in [0.25, 0.3) is 0 Å². The summed E-state index contributed by atoms with van der Waals surface area (Å²) in [4.78, 5) is 21.3. The van der Waals surface area contributed by atoms with Gasteiger partial charge in [0.15, 0.2) is 0 Å². The maximum Gasteiger partial charge on any atom is 0.222 e. The van der Waals surface area contributed by atoms with E-state index in [4.69, 9.17) is 9.47 Å². The van der Waals surface area contributed by atoms with Gasteiger partial charge in [-0.05, 0) is 0 Å². The van der Waals surface area contributed by atoms with Gasteiger partial charge in [0.2, 0.25) is 11.8 Å². The first-order valence-corrected chi connectivity index (χ1v) is 6.27. The van der Waals surface area contributed by atoms with Gasteiger partial charge < -0.3 is 20.1 Å². The number of hydrogen-bond donors (Lipinski definition) is 2. The van der Waals surface area contributed by atoms with E-state index in [2.05, 4.69) is 10.6 Å². The Morgan fingerprint density at radius 2 is 1.56 bits per heavy atom. The third-order valence-corrected chi connectivity index (χ3v) is 1.74. The molecule has 0 spiro atoms. The van der Waals surface area contributed by atoms with Gasteiger partial charge in [-0.1, -0.05) is 13.8 Å². The number of carbonyl (C=O) groups is 2. The third-order valence-electron chi connectivity index (χ3n) is 1.74. The van der Waals surface area contributed by atoms with Crippen LogP contribution in [-0.2, 0) is 19.1 Å². The highest BCUT2D eigenvalue weighted by molar-refractivity contribution is 5.75. The van der Waals surface area contributed by atoms with Crippen LogP contribution in [0.3, 0.4) is 0 Å². The number of rotatable bonds is 9. The van der Waals surface area contributed by atoms with E-state index in [0.717, 1.165) is 0 Å². The molecule has 0 unspecified atom stereocenters. The Bertz CT molecular complexity index is 210. The van der Waals surface area contributed by atoms with Gasteiger partial charge in [-0.15, -0.1) is 0 Å². The summed E-state index contributed by atoms with van der Waals surface area (Å²) in [5, 5.41) is 5.12. The van der Waals surface area contributed by atoms with Crippen LogP contribution in [0.1, 0.15) is 27.2 Å². The third kappa shape index (κ3) is 17.3. The molecule has 0 saturated carbocycles. The van der Waals surface area contributed by atoms with E-state index in [1.54, 1.807) is 7.05 Å². The highest BCUT2D eigenvalue weighted by Crippen LogP contribution is 1.83. The molecule has 18 heavy (non-hydrogen) atoms. The van der Waals surface area contributed by atoms with Crippen LogP contribution in [0, 0.1) is 0 Å². The van der Waals surface area contributed by atoms with Gasteiger partial charge in [0, 0.05) is 26.9 Å². The summed E-state index contributed by atoms with van der Waals surface area (Å²) in [5.74, 6) is -0.1000. The Balaban J connectivity index is 0. The van der Waals surface area contributed by atoms with Crippen molar-refractivity contribution in [1.82, 2.24) is 10.6 Å². The van der Waals surface area contributed by atoms with Gasteiger partial charge in [-0.2, -0.15) is 0 Å². The van der Waals surface area contributed by atoms with E-state index in [0.29, 0.717) is 39.4 Å². The minimum atomic E-state index is -0.0644. The first-order valence-electron chi connectivity index (χ1n) is 6.27. The molecule has 2 amide bonds. The summed E-state index contributed by atoms with van der Waals surface area (Å²) >= 11 is 0. The molecule has 0 aromatic rings. The molecule has 6 heteroatoms. The van der Waals surface area contributed by atoms with Crippen LogP contribution >= 0.6 is 0 Å². The topological polar surface area (TPSA) is 76.7 Å². The van der Waals surface area contributed by atoms with Gasteiger partial charge in [-0.25, -0.2) is 0 Å². The molecule has 0 aliphatic heterocycles. The second-order valence-electron chi connectivity index (χ2n) is 3.13. The first kappa shape index (κ1) is 19.2. The van der Waals surface area contributed by atoms with E-state index in [1.165, 1.54) is 6.92 Å². The predicted octanol–water partition coefficient (Wildman–Crippen LogP) is 0.318. The Kier molecular flexibility index (Phi) is 16.9. The lowest BCUT2D eigenvalue weighted by molar-refractivity contribution is -0.121. The van der Waals surface area contributed by atoms with Crippen molar-refractivity contribution in [1.29, 1.82) is 0 Å². The minimum Gasteiger partial charge on any atom is -0.379 e. The molecule has 0 bridgehead atoms. The number of ether oxygens (including phenoxy) is 2. The van der Waals surface area contributed by atoms with E-state index >= 15 is 0 Å². The summed E-state index contributed by atoms with van der Waals surface area (Å²) in [6, 6.07) is 0. The van der Waals surface area contributed by atoms with Crippen LogP contribution in [0.25, 0.3) is 0 Å². The van der Waals surface area contributed by atoms with Crippen LogP contribution in [0.2, 0.25) is 0 Å². The molecular weight excluding hydrogens is 236 g/mol. The number of hydrogen-bond acceptors (Lipinski definition) is 4. The largest absolute Gasteiger partial charge is 0.379 e. The Hall–Kier alpha value is -1.14. The SMILES string of the molecule is CC.CNC(=O)CCOCCOCCNC(C)=O. The van der Waals surface area contributed by atoms with Gasteiger partial charge in [0.05, 0.1) is 26.4 Å². The second kappa shape index (κ2) is 15.9. The fourth-order valence-electron chi connectivity index (χ4n) is 0.911. The monoisotopic (exact) mass is 262 g/mol. The molecular formula is C12H26N2O4. The number of carbonyl (C=O) groups excluding carboxylic acids is 2. The number of nitrogens with one attached hydrogen (secondary N) is 2. The molecule has 0 aromatic heterocycles. The van der Waals surface area contributed by atoms with Crippen LogP contribution in [0.15, 0.2) is 0 Å². The summed E-state index contributed by atoms with van der Waals surface area (Å²) in [7, 11) is 1.59. The van der Waals surface area contributed by atoms with E-state index < -0.39 is 0 Å². The highest BCUT2D eigenvalue weighted by Gasteiger charge is 1.97. The van der Waals surface area contributed by atoms with Crippen molar-refractivity contribution in [3.63, 3.8) is 0 Å². The maximum atomic E-state index is 10.8. The Labute approximate surface area is 109 Å². The van der Waals surface area contributed by atoms with E-state index in [1.807, 2.05) is 13.8 Å². The average molecular weight is 262 g/mol. The van der Waals surface area contributed by atoms with Gasteiger partial charge in [0.1, 0.15) is 0 Å². The zero-order chi connectivity index (χ0) is 14.2.